The van der Waals surface area contributed by atoms with Crippen LogP contribution in [0.4, 0.5) is 0 Å². The third-order valence-electron chi connectivity index (χ3n) is 3.95. The molecule has 0 fully saturated rings. The van der Waals surface area contributed by atoms with Gasteiger partial charge in [-0.25, -0.2) is 0 Å². The Kier molecular flexibility index (Phi) is 13.0. The molecule has 0 saturated carbocycles. The number of rotatable bonds is 13. The van der Waals surface area contributed by atoms with E-state index >= 15 is 0 Å². The minimum absolute atomic E-state index is 0.222. The van der Waals surface area contributed by atoms with Crippen molar-refractivity contribution < 1.29 is 24.0 Å². The van der Waals surface area contributed by atoms with Gasteiger partial charge in [0.05, 0.1) is 6.35 Å². The summed E-state index contributed by atoms with van der Waals surface area (Å²) in [4.78, 5) is 18.4. The SMILES string of the molecule is CC(C)=CCC/C(C)=C/CCCCCCC([PH](=O)CO)P(=O)(O)O. The molecule has 0 saturated heterocycles. The molecule has 0 aromatic rings. The lowest BCUT2D eigenvalue weighted by Gasteiger charge is -2.16. The molecular formula is C17H34O5P2. The van der Waals surface area contributed by atoms with E-state index in [2.05, 4.69) is 32.9 Å². The average molecular weight is 380 g/mol. The van der Waals surface area contributed by atoms with E-state index in [1.54, 1.807) is 0 Å². The van der Waals surface area contributed by atoms with Crippen LogP contribution in [0.25, 0.3) is 0 Å². The molecular weight excluding hydrogens is 346 g/mol. The molecule has 0 radical (unpaired) electrons. The van der Waals surface area contributed by atoms with E-state index in [0.29, 0.717) is 6.42 Å². The first-order chi connectivity index (χ1) is 11.2. The molecule has 0 aromatic heterocycles. The van der Waals surface area contributed by atoms with E-state index in [1.807, 2.05) is 0 Å². The Morgan fingerprint density at radius 1 is 1.04 bits per heavy atom. The third kappa shape index (κ3) is 12.2. The van der Waals surface area contributed by atoms with Crippen LogP contribution >= 0.6 is 15.4 Å². The highest BCUT2D eigenvalue weighted by Crippen LogP contribution is 2.55. The summed E-state index contributed by atoms with van der Waals surface area (Å²) in [6.45, 7) is 6.36. The fourth-order valence-corrected chi connectivity index (χ4v) is 5.50. The number of hydrogen-bond acceptors (Lipinski definition) is 3. The lowest BCUT2D eigenvalue weighted by atomic mass is 10.1. The smallest absolute Gasteiger partial charge is 0.335 e. The molecule has 0 spiro atoms. The van der Waals surface area contributed by atoms with Gasteiger partial charge in [-0.3, -0.25) is 4.57 Å². The molecule has 3 N–H and O–H groups in total. The zero-order valence-electron chi connectivity index (χ0n) is 15.2. The van der Waals surface area contributed by atoms with E-state index in [4.69, 9.17) is 5.11 Å². The van der Waals surface area contributed by atoms with Gasteiger partial charge in [0.2, 0.25) is 0 Å². The normalized spacial score (nSPS) is 15.2. The molecule has 24 heavy (non-hydrogen) atoms. The highest BCUT2D eigenvalue weighted by Gasteiger charge is 2.32. The predicted octanol–water partition coefficient (Wildman–Crippen LogP) is 5.03. The minimum atomic E-state index is -4.38. The summed E-state index contributed by atoms with van der Waals surface area (Å²) >= 11 is 0. The summed E-state index contributed by atoms with van der Waals surface area (Å²) in [6.07, 6.45) is 10.8. The van der Waals surface area contributed by atoms with E-state index in [-0.39, 0.29) is 6.42 Å². The van der Waals surface area contributed by atoms with Gasteiger partial charge in [-0.1, -0.05) is 42.6 Å². The third-order valence-corrected chi connectivity index (χ3v) is 8.24. The lowest BCUT2D eigenvalue weighted by molar-refractivity contribution is 0.349. The summed E-state index contributed by atoms with van der Waals surface area (Å²) in [5.74, 6) is 0. The van der Waals surface area contributed by atoms with Gasteiger partial charge in [0.25, 0.3) is 0 Å². The van der Waals surface area contributed by atoms with E-state index in [1.165, 1.54) is 11.1 Å². The maximum Gasteiger partial charge on any atom is 0.335 e. The van der Waals surface area contributed by atoms with Crippen molar-refractivity contribution in [3.05, 3.63) is 23.3 Å². The van der Waals surface area contributed by atoms with Crippen LogP contribution in [0.1, 0.15) is 72.1 Å². The molecule has 142 valence electrons. The molecule has 7 heteroatoms. The highest BCUT2D eigenvalue weighted by molar-refractivity contribution is 7.67. The number of unbranched alkanes of at least 4 members (excludes halogenated alkanes) is 4. The van der Waals surface area contributed by atoms with Crippen molar-refractivity contribution in [3.63, 3.8) is 0 Å². The van der Waals surface area contributed by atoms with Gasteiger partial charge < -0.3 is 19.5 Å². The summed E-state index contributed by atoms with van der Waals surface area (Å²) in [5, 5.41) is 7.70. The molecule has 0 aliphatic rings. The number of hydrogen-bond donors (Lipinski definition) is 3. The second-order valence-electron chi connectivity index (χ2n) is 6.59. The Labute approximate surface area is 147 Å². The van der Waals surface area contributed by atoms with Gasteiger partial charge >= 0.3 is 7.60 Å². The molecule has 0 aliphatic heterocycles. The molecule has 0 aromatic carbocycles. The standard InChI is InChI=1S/C17H34O5P2/c1-15(2)10-9-12-16(3)11-7-5-4-6-8-13-17(23(19)14-18)24(20,21)22/h10-11,17-18,23H,4-9,12-14H2,1-3H3,(H2,20,21,22)/b16-11+. The van der Waals surface area contributed by atoms with Gasteiger partial charge in [-0.05, 0) is 52.9 Å². The van der Waals surface area contributed by atoms with Crippen LogP contribution in [0.15, 0.2) is 23.3 Å². The topological polar surface area (TPSA) is 94.8 Å². The van der Waals surface area contributed by atoms with Gasteiger partial charge in [-0.2, -0.15) is 0 Å². The Hall–Kier alpha value is -0.180. The van der Waals surface area contributed by atoms with Crippen molar-refractivity contribution in [1.82, 2.24) is 0 Å². The van der Waals surface area contributed by atoms with Crippen LogP contribution in [-0.2, 0) is 9.13 Å². The maximum absolute atomic E-state index is 11.6. The van der Waals surface area contributed by atoms with Crippen LogP contribution in [0.2, 0.25) is 0 Å². The highest BCUT2D eigenvalue weighted by atomic mass is 31.2. The Morgan fingerprint density at radius 3 is 2.21 bits per heavy atom. The van der Waals surface area contributed by atoms with Crippen molar-refractivity contribution in [1.29, 1.82) is 0 Å². The second kappa shape index (κ2) is 13.1. The largest absolute Gasteiger partial charge is 0.389 e. The zero-order valence-corrected chi connectivity index (χ0v) is 17.1. The molecule has 0 amide bonds. The van der Waals surface area contributed by atoms with Crippen molar-refractivity contribution >= 4 is 15.4 Å². The summed E-state index contributed by atoms with van der Waals surface area (Å²) in [6, 6.07) is 0. The molecule has 0 bridgehead atoms. The first-order valence-electron chi connectivity index (χ1n) is 8.66. The van der Waals surface area contributed by atoms with Crippen LogP contribution in [0.5, 0.6) is 0 Å². The fraction of sp³-hybridized carbons (Fsp3) is 0.765. The molecule has 2 unspecified atom stereocenters. The van der Waals surface area contributed by atoms with Crippen LogP contribution < -0.4 is 0 Å². The molecule has 0 heterocycles. The van der Waals surface area contributed by atoms with Gasteiger partial charge in [0.1, 0.15) is 13.2 Å². The van der Waals surface area contributed by atoms with Gasteiger partial charge in [0.15, 0.2) is 0 Å². The Bertz CT molecular complexity index is 475. The quantitative estimate of drug-likeness (QED) is 0.237. The van der Waals surface area contributed by atoms with Crippen LogP contribution in [-0.4, -0.2) is 26.6 Å². The van der Waals surface area contributed by atoms with E-state index in [0.717, 1.165) is 38.5 Å². The number of allylic oxidation sites excluding steroid dienone is 4. The molecule has 2 atom stereocenters. The Balaban J connectivity index is 3.92. The summed E-state index contributed by atoms with van der Waals surface area (Å²) < 4.78 is 22.9. The lowest BCUT2D eigenvalue weighted by Crippen LogP contribution is -2.05. The van der Waals surface area contributed by atoms with Crippen molar-refractivity contribution in [2.24, 2.45) is 0 Å². The first kappa shape index (κ1) is 23.8. The summed E-state index contributed by atoms with van der Waals surface area (Å²) in [5.41, 5.74) is 2.75. The van der Waals surface area contributed by atoms with E-state index < -0.39 is 27.1 Å². The molecule has 5 nitrogen and oxygen atoms in total. The summed E-state index contributed by atoms with van der Waals surface area (Å²) in [7, 11) is -7.00. The molecule has 0 rings (SSSR count). The van der Waals surface area contributed by atoms with Crippen LogP contribution in [0.3, 0.4) is 0 Å². The van der Waals surface area contributed by atoms with Crippen molar-refractivity contribution in [3.8, 4) is 0 Å². The Morgan fingerprint density at radius 2 is 1.67 bits per heavy atom. The predicted molar refractivity (Wildman–Crippen MR) is 102 cm³/mol. The minimum Gasteiger partial charge on any atom is -0.389 e. The number of aliphatic hydroxyl groups excluding tert-OH is 1. The number of aliphatic hydroxyl groups is 1. The first-order valence-corrected chi connectivity index (χ1v) is 12.0. The van der Waals surface area contributed by atoms with Gasteiger partial charge in [0, 0.05) is 0 Å². The monoisotopic (exact) mass is 380 g/mol. The van der Waals surface area contributed by atoms with Crippen molar-refractivity contribution in [2.75, 3.05) is 6.35 Å². The second-order valence-corrected chi connectivity index (χ2v) is 10.8. The fourth-order valence-electron chi connectivity index (χ4n) is 2.50. The molecule has 0 aliphatic carbocycles. The zero-order chi connectivity index (χ0) is 18.6. The van der Waals surface area contributed by atoms with Crippen molar-refractivity contribution in [2.45, 2.75) is 77.5 Å². The van der Waals surface area contributed by atoms with Crippen LogP contribution in [0, 0.1) is 0 Å². The average Bonchev–Trinajstić information content (AvgIpc) is 2.47. The van der Waals surface area contributed by atoms with Gasteiger partial charge in [-0.15, -0.1) is 0 Å². The maximum atomic E-state index is 11.6. The van der Waals surface area contributed by atoms with E-state index in [9.17, 15) is 18.9 Å².